The lowest BCUT2D eigenvalue weighted by molar-refractivity contribution is -0.0559. The molecule has 2 nitrogen and oxygen atoms in total. The van der Waals surface area contributed by atoms with Crippen LogP contribution in [0.4, 0.5) is 13.2 Å². The van der Waals surface area contributed by atoms with Gasteiger partial charge in [-0.25, -0.2) is 0 Å². The van der Waals surface area contributed by atoms with Crippen LogP contribution >= 0.6 is 11.8 Å². The first-order chi connectivity index (χ1) is 5.00. The lowest BCUT2D eigenvalue weighted by Gasteiger charge is -2.15. The van der Waals surface area contributed by atoms with E-state index < -0.39 is 11.2 Å². The maximum absolute atomic E-state index is 11.9. The second-order valence-electron chi connectivity index (χ2n) is 1.89. The number of rotatable bonds is 0. The maximum atomic E-state index is 11.9. The Kier molecular flexibility index (Phi) is 2.12. The third-order valence-electron chi connectivity index (χ3n) is 0.940. The molecule has 0 aromatic carbocycles. The first kappa shape index (κ1) is 8.45. The zero-order chi connectivity index (χ0) is 8.48. The Labute approximate surface area is 65.5 Å². The SMILES string of the molecule is C=C1CNN=C(C(F)(F)F)S1. The van der Waals surface area contributed by atoms with Crippen molar-refractivity contribution >= 4 is 16.8 Å². The molecule has 1 heterocycles. The highest BCUT2D eigenvalue weighted by atomic mass is 32.2. The van der Waals surface area contributed by atoms with E-state index in [2.05, 4.69) is 17.1 Å². The van der Waals surface area contributed by atoms with Crippen LogP contribution < -0.4 is 5.43 Å². The number of alkyl halides is 3. The Hall–Kier alpha value is -0.650. The molecular formula is C5H5F3N2S. The largest absolute Gasteiger partial charge is 0.441 e. The summed E-state index contributed by atoms with van der Waals surface area (Å²) in [4.78, 5) is 0.423. The van der Waals surface area contributed by atoms with Gasteiger partial charge in [0.15, 0.2) is 0 Å². The van der Waals surface area contributed by atoms with Crippen LogP contribution in [0.25, 0.3) is 0 Å². The second kappa shape index (κ2) is 2.77. The van der Waals surface area contributed by atoms with Crippen molar-refractivity contribution in [3.05, 3.63) is 11.5 Å². The summed E-state index contributed by atoms with van der Waals surface area (Å²) in [6.45, 7) is 3.69. The monoisotopic (exact) mass is 182 g/mol. The van der Waals surface area contributed by atoms with Gasteiger partial charge in [0, 0.05) is 4.91 Å². The molecule has 0 aromatic rings. The van der Waals surface area contributed by atoms with E-state index in [0.29, 0.717) is 23.2 Å². The van der Waals surface area contributed by atoms with E-state index in [1.807, 2.05) is 0 Å². The van der Waals surface area contributed by atoms with Gasteiger partial charge in [-0.05, 0) is 0 Å². The molecule has 0 spiro atoms. The van der Waals surface area contributed by atoms with Crippen molar-refractivity contribution in [1.29, 1.82) is 0 Å². The van der Waals surface area contributed by atoms with Gasteiger partial charge in [-0.2, -0.15) is 18.3 Å². The van der Waals surface area contributed by atoms with Gasteiger partial charge < -0.3 is 5.43 Å². The van der Waals surface area contributed by atoms with Crippen molar-refractivity contribution in [3.8, 4) is 0 Å². The third-order valence-corrected chi connectivity index (χ3v) is 1.89. The Morgan fingerprint density at radius 1 is 1.55 bits per heavy atom. The van der Waals surface area contributed by atoms with Crippen LogP contribution in [0.1, 0.15) is 0 Å². The number of halogens is 3. The zero-order valence-corrected chi connectivity index (χ0v) is 6.22. The van der Waals surface area contributed by atoms with Crippen LogP contribution in [-0.2, 0) is 0 Å². The lowest BCUT2D eigenvalue weighted by Crippen LogP contribution is -2.27. The molecular weight excluding hydrogens is 177 g/mol. The van der Waals surface area contributed by atoms with E-state index in [1.165, 1.54) is 0 Å². The average Bonchev–Trinajstić information content (AvgIpc) is 1.86. The predicted octanol–water partition coefficient (Wildman–Crippen LogP) is 1.71. The van der Waals surface area contributed by atoms with Crippen molar-refractivity contribution in [2.75, 3.05) is 6.54 Å². The molecule has 0 fully saturated rings. The molecule has 0 saturated carbocycles. The molecule has 1 aliphatic rings. The molecule has 0 aromatic heterocycles. The summed E-state index contributed by atoms with van der Waals surface area (Å²) in [5.74, 6) is 0. The van der Waals surface area contributed by atoms with E-state index in [1.54, 1.807) is 0 Å². The molecule has 6 heteroatoms. The molecule has 62 valence electrons. The van der Waals surface area contributed by atoms with Gasteiger partial charge >= 0.3 is 6.18 Å². The van der Waals surface area contributed by atoms with Crippen molar-refractivity contribution in [2.24, 2.45) is 5.10 Å². The average molecular weight is 182 g/mol. The summed E-state index contributed by atoms with van der Waals surface area (Å²) < 4.78 is 35.6. The van der Waals surface area contributed by atoms with Crippen LogP contribution in [0.5, 0.6) is 0 Å². The summed E-state index contributed by atoms with van der Waals surface area (Å²) in [6, 6.07) is 0. The van der Waals surface area contributed by atoms with Crippen molar-refractivity contribution in [1.82, 2.24) is 5.43 Å². The van der Waals surface area contributed by atoms with Crippen molar-refractivity contribution in [3.63, 3.8) is 0 Å². The first-order valence-corrected chi connectivity index (χ1v) is 3.55. The van der Waals surface area contributed by atoms with Gasteiger partial charge in [0.05, 0.1) is 6.54 Å². The number of hydrogen-bond donors (Lipinski definition) is 1. The van der Waals surface area contributed by atoms with Gasteiger partial charge in [0.2, 0.25) is 5.04 Å². The van der Waals surface area contributed by atoms with Crippen LogP contribution in [0, 0.1) is 0 Å². The van der Waals surface area contributed by atoms with Crippen LogP contribution in [0.3, 0.4) is 0 Å². The minimum Gasteiger partial charge on any atom is -0.304 e. The van der Waals surface area contributed by atoms with Gasteiger partial charge in [-0.15, -0.1) is 0 Å². The number of thioether (sulfide) groups is 1. The minimum absolute atomic E-state index is 0.296. The molecule has 0 bridgehead atoms. The zero-order valence-electron chi connectivity index (χ0n) is 5.40. The quantitative estimate of drug-likeness (QED) is 0.616. The standard InChI is InChI=1S/C5H5F3N2S/c1-3-2-9-10-4(11-3)5(6,7)8/h9H,1-2H2. The number of nitrogens with one attached hydrogen (secondary N) is 1. The maximum Gasteiger partial charge on any atom is 0.441 e. The molecule has 0 aliphatic carbocycles. The summed E-state index contributed by atoms with van der Waals surface area (Å²) in [5.41, 5.74) is 2.24. The first-order valence-electron chi connectivity index (χ1n) is 2.73. The Morgan fingerprint density at radius 2 is 2.18 bits per heavy atom. The number of hydrazone groups is 1. The highest BCUT2D eigenvalue weighted by molar-refractivity contribution is 8.17. The second-order valence-corrected chi connectivity index (χ2v) is 3.06. The minimum atomic E-state index is -4.36. The Balaban J connectivity index is 2.73. The fraction of sp³-hybridized carbons (Fsp3) is 0.400. The summed E-state index contributed by atoms with van der Waals surface area (Å²) in [6.07, 6.45) is -4.36. The summed E-state index contributed by atoms with van der Waals surface area (Å²) in [5, 5.41) is 2.21. The van der Waals surface area contributed by atoms with E-state index in [-0.39, 0.29) is 0 Å². The fourth-order valence-electron chi connectivity index (χ4n) is 0.516. The van der Waals surface area contributed by atoms with E-state index >= 15 is 0 Å². The Bertz CT molecular complexity index is 208. The van der Waals surface area contributed by atoms with E-state index in [4.69, 9.17) is 0 Å². The van der Waals surface area contributed by atoms with Gasteiger partial charge in [-0.1, -0.05) is 18.3 Å². The lowest BCUT2D eigenvalue weighted by atomic mass is 10.6. The molecule has 1 aliphatic heterocycles. The highest BCUT2D eigenvalue weighted by Gasteiger charge is 2.38. The van der Waals surface area contributed by atoms with Crippen LogP contribution in [0.2, 0.25) is 0 Å². The predicted molar refractivity (Wildman–Crippen MR) is 38.2 cm³/mol. The fourth-order valence-corrected chi connectivity index (χ4v) is 1.15. The van der Waals surface area contributed by atoms with Crippen molar-refractivity contribution < 1.29 is 13.2 Å². The Morgan fingerprint density at radius 3 is 2.55 bits per heavy atom. The smallest absolute Gasteiger partial charge is 0.304 e. The molecule has 0 unspecified atom stereocenters. The molecule has 1 rings (SSSR count). The number of nitrogens with zero attached hydrogens (tertiary/aromatic N) is 1. The topological polar surface area (TPSA) is 24.4 Å². The molecule has 11 heavy (non-hydrogen) atoms. The number of hydrogen-bond acceptors (Lipinski definition) is 3. The molecule has 0 atom stereocenters. The van der Waals surface area contributed by atoms with Gasteiger partial charge in [0.25, 0.3) is 0 Å². The molecule has 0 radical (unpaired) electrons. The summed E-state index contributed by atoms with van der Waals surface area (Å²) in [7, 11) is 0. The molecule has 1 N–H and O–H groups in total. The van der Waals surface area contributed by atoms with E-state index in [0.717, 1.165) is 0 Å². The normalized spacial score (nSPS) is 19.2. The van der Waals surface area contributed by atoms with Gasteiger partial charge in [0.1, 0.15) is 0 Å². The van der Waals surface area contributed by atoms with Crippen LogP contribution in [-0.4, -0.2) is 17.8 Å². The molecule has 0 amide bonds. The summed E-state index contributed by atoms with van der Waals surface area (Å²) >= 11 is 0.561. The van der Waals surface area contributed by atoms with Gasteiger partial charge in [-0.3, -0.25) is 0 Å². The van der Waals surface area contributed by atoms with Crippen molar-refractivity contribution in [2.45, 2.75) is 6.18 Å². The van der Waals surface area contributed by atoms with Crippen LogP contribution in [0.15, 0.2) is 16.6 Å². The van der Waals surface area contributed by atoms with E-state index in [9.17, 15) is 13.2 Å². The molecule has 0 saturated heterocycles. The highest BCUT2D eigenvalue weighted by Crippen LogP contribution is 2.30. The third kappa shape index (κ3) is 2.14.